The molecule has 0 aromatic heterocycles. The minimum atomic E-state index is -1.30. The largest absolute Gasteiger partial charge is 0.546 e. The van der Waals surface area contributed by atoms with Crippen molar-refractivity contribution in [3.63, 3.8) is 0 Å². The molecule has 6 nitrogen and oxygen atoms in total. The molecule has 0 saturated carbocycles. The molecule has 24 heavy (non-hydrogen) atoms. The zero-order valence-electron chi connectivity index (χ0n) is 13.0. The summed E-state index contributed by atoms with van der Waals surface area (Å²) in [6.45, 7) is 1.70. The van der Waals surface area contributed by atoms with E-state index in [1.807, 2.05) is 25.1 Å². The van der Waals surface area contributed by atoms with E-state index in [0.29, 0.717) is 28.8 Å². The molecule has 2 aromatic carbocycles. The molecule has 126 valence electrons. The Bertz CT molecular complexity index is 734. The molecule has 0 atom stereocenters. The monoisotopic (exact) mass is 347 g/mol. The average molecular weight is 348 g/mol. The number of nitrogens with zero attached hydrogens (tertiary/aromatic N) is 1. The molecule has 0 radical (unpaired) electrons. The zero-order chi connectivity index (χ0) is 17.4. The Morgan fingerprint density at radius 2 is 2.04 bits per heavy atom. The highest BCUT2D eigenvalue weighted by Gasteiger charge is 2.06. The van der Waals surface area contributed by atoms with E-state index in [4.69, 9.17) is 21.1 Å². The first-order valence-electron chi connectivity index (χ1n) is 7.23. The van der Waals surface area contributed by atoms with E-state index in [1.165, 1.54) is 0 Å². The van der Waals surface area contributed by atoms with Gasteiger partial charge in [0.05, 0.1) is 29.5 Å². The van der Waals surface area contributed by atoms with Crippen LogP contribution in [-0.4, -0.2) is 25.4 Å². The van der Waals surface area contributed by atoms with Crippen molar-refractivity contribution < 1.29 is 19.4 Å². The number of ether oxygens (including phenoxy) is 2. The number of hydrazone groups is 1. The van der Waals surface area contributed by atoms with Crippen molar-refractivity contribution in [3.05, 3.63) is 53.1 Å². The Morgan fingerprint density at radius 1 is 1.25 bits per heavy atom. The predicted molar refractivity (Wildman–Crippen MR) is 90.8 cm³/mol. The van der Waals surface area contributed by atoms with Crippen molar-refractivity contribution in [2.75, 3.05) is 18.6 Å². The molecule has 0 heterocycles. The molecule has 0 aliphatic rings. The third-order valence-corrected chi connectivity index (χ3v) is 3.22. The van der Waals surface area contributed by atoms with Crippen molar-refractivity contribution in [2.45, 2.75) is 6.92 Å². The van der Waals surface area contributed by atoms with Gasteiger partial charge in [-0.15, -0.1) is 0 Å². The van der Waals surface area contributed by atoms with Crippen LogP contribution in [0.2, 0.25) is 5.02 Å². The van der Waals surface area contributed by atoms with Crippen LogP contribution in [0.3, 0.4) is 0 Å². The first kappa shape index (κ1) is 17.6. The molecule has 7 heteroatoms. The number of hydrogen-bond acceptors (Lipinski definition) is 6. The second kappa shape index (κ2) is 8.79. The number of para-hydroxylation sites is 1. The SMILES string of the molecule is CCOc1cc(C=NNc2ccccc2Cl)ccc1OCC(=O)[O-]. The lowest BCUT2D eigenvalue weighted by molar-refractivity contribution is -0.307. The Labute approximate surface area is 144 Å². The van der Waals surface area contributed by atoms with Gasteiger partial charge in [0, 0.05) is 0 Å². The van der Waals surface area contributed by atoms with E-state index in [0.717, 1.165) is 5.56 Å². The Morgan fingerprint density at radius 3 is 2.75 bits per heavy atom. The molecule has 0 spiro atoms. The van der Waals surface area contributed by atoms with E-state index in [9.17, 15) is 9.90 Å². The first-order chi connectivity index (χ1) is 11.6. The highest BCUT2D eigenvalue weighted by Crippen LogP contribution is 2.28. The second-order valence-corrected chi connectivity index (χ2v) is 5.06. The van der Waals surface area contributed by atoms with Gasteiger partial charge >= 0.3 is 0 Å². The Hall–Kier alpha value is -2.73. The number of carboxylic acid groups (broad SMARTS) is 1. The molecule has 0 amide bonds. The quantitative estimate of drug-likeness (QED) is 0.585. The molecule has 0 bridgehead atoms. The molecule has 0 aliphatic carbocycles. The van der Waals surface area contributed by atoms with E-state index in [-0.39, 0.29) is 0 Å². The lowest BCUT2D eigenvalue weighted by Gasteiger charge is -2.12. The number of benzene rings is 2. The standard InChI is InChI=1S/C17H17ClN2O4/c1-2-23-16-9-12(7-8-15(16)24-11-17(21)22)10-19-20-14-6-4-3-5-13(14)18/h3-10,20H,2,11H2,1H3,(H,21,22)/p-1. The van der Waals surface area contributed by atoms with E-state index < -0.39 is 12.6 Å². The van der Waals surface area contributed by atoms with Crippen molar-refractivity contribution in [2.24, 2.45) is 5.10 Å². The summed E-state index contributed by atoms with van der Waals surface area (Å²) in [6.07, 6.45) is 1.59. The molecule has 2 aromatic rings. The fourth-order valence-corrected chi connectivity index (χ4v) is 2.04. The van der Waals surface area contributed by atoms with Crippen molar-refractivity contribution in [1.29, 1.82) is 0 Å². The van der Waals surface area contributed by atoms with Gasteiger partial charge in [-0.05, 0) is 42.8 Å². The van der Waals surface area contributed by atoms with Gasteiger partial charge in [-0.3, -0.25) is 5.43 Å². The number of carboxylic acids is 1. The van der Waals surface area contributed by atoms with E-state index in [1.54, 1.807) is 30.5 Å². The lowest BCUT2D eigenvalue weighted by Crippen LogP contribution is -2.29. The molecule has 1 N–H and O–H groups in total. The number of hydrogen-bond donors (Lipinski definition) is 1. The number of aliphatic carboxylic acids is 1. The van der Waals surface area contributed by atoms with E-state index >= 15 is 0 Å². The van der Waals surface area contributed by atoms with Gasteiger partial charge in [0.2, 0.25) is 0 Å². The highest BCUT2D eigenvalue weighted by atomic mass is 35.5. The van der Waals surface area contributed by atoms with Crippen molar-refractivity contribution in [1.82, 2.24) is 0 Å². The summed E-state index contributed by atoms with van der Waals surface area (Å²) >= 11 is 6.03. The highest BCUT2D eigenvalue weighted by molar-refractivity contribution is 6.33. The number of anilines is 1. The van der Waals surface area contributed by atoms with Gasteiger partial charge in [-0.25, -0.2) is 0 Å². The normalized spacial score (nSPS) is 10.6. The summed E-state index contributed by atoms with van der Waals surface area (Å²) in [4.78, 5) is 10.5. The van der Waals surface area contributed by atoms with Gasteiger partial charge in [0.25, 0.3) is 0 Å². The van der Waals surface area contributed by atoms with E-state index in [2.05, 4.69) is 10.5 Å². The van der Waals surface area contributed by atoms with Crippen LogP contribution in [0.15, 0.2) is 47.6 Å². The van der Waals surface area contributed by atoms with Gasteiger partial charge in [0.1, 0.15) is 6.61 Å². The maximum atomic E-state index is 10.5. The molecular weight excluding hydrogens is 332 g/mol. The van der Waals surface area contributed by atoms with Crippen LogP contribution in [-0.2, 0) is 4.79 Å². The number of carbonyl (C=O) groups excluding carboxylic acids is 1. The topological polar surface area (TPSA) is 83.0 Å². The molecule has 0 saturated heterocycles. The van der Waals surface area contributed by atoms with Crippen LogP contribution in [0, 0.1) is 0 Å². The van der Waals surface area contributed by atoms with Crippen LogP contribution in [0.1, 0.15) is 12.5 Å². The first-order valence-corrected chi connectivity index (χ1v) is 7.61. The van der Waals surface area contributed by atoms with Gasteiger partial charge in [-0.2, -0.15) is 5.10 Å². The fourth-order valence-electron chi connectivity index (χ4n) is 1.86. The Balaban J connectivity index is 2.09. The average Bonchev–Trinajstić information content (AvgIpc) is 2.56. The summed E-state index contributed by atoms with van der Waals surface area (Å²) in [7, 11) is 0. The van der Waals surface area contributed by atoms with Gasteiger partial charge in [-0.1, -0.05) is 23.7 Å². The predicted octanol–water partition coefficient (Wildman–Crippen LogP) is 2.31. The molecule has 2 rings (SSSR count). The summed E-state index contributed by atoms with van der Waals surface area (Å²) in [5.41, 5.74) is 4.29. The van der Waals surface area contributed by atoms with Crippen LogP contribution in [0.25, 0.3) is 0 Å². The minimum absolute atomic E-state index is 0.331. The van der Waals surface area contributed by atoms with Crippen molar-refractivity contribution in [3.8, 4) is 11.5 Å². The van der Waals surface area contributed by atoms with Gasteiger partial charge < -0.3 is 19.4 Å². The summed E-state index contributed by atoms with van der Waals surface area (Å²) in [5, 5.41) is 15.2. The fraction of sp³-hybridized carbons (Fsp3) is 0.176. The number of rotatable bonds is 8. The van der Waals surface area contributed by atoms with Gasteiger partial charge in [0.15, 0.2) is 11.5 Å². The maximum Gasteiger partial charge on any atom is 0.161 e. The molecular formula is C17H16ClN2O4-. The summed E-state index contributed by atoms with van der Waals surface area (Å²) < 4.78 is 10.6. The maximum absolute atomic E-state index is 10.5. The third-order valence-electron chi connectivity index (χ3n) is 2.89. The minimum Gasteiger partial charge on any atom is -0.546 e. The number of halogens is 1. The zero-order valence-corrected chi connectivity index (χ0v) is 13.7. The Kier molecular flexibility index (Phi) is 6.45. The number of carbonyl (C=O) groups is 1. The number of nitrogens with one attached hydrogen (secondary N) is 1. The van der Waals surface area contributed by atoms with Crippen LogP contribution >= 0.6 is 11.6 Å². The van der Waals surface area contributed by atoms with Crippen LogP contribution in [0.5, 0.6) is 11.5 Å². The molecule has 0 aliphatic heterocycles. The third kappa shape index (κ3) is 5.17. The molecule has 0 fully saturated rings. The molecule has 0 unspecified atom stereocenters. The summed E-state index contributed by atoms with van der Waals surface area (Å²) in [5.74, 6) is -0.537. The second-order valence-electron chi connectivity index (χ2n) is 4.65. The van der Waals surface area contributed by atoms with Crippen molar-refractivity contribution >= 4 is 29.5 Å². The summed E-state index contributed by atoms with van der Waals surface area (Å²) in [6, 6.07) is 12.3. The van der Waals surface area contributed by atoms with Crippen LogP contribution in [0.4, 0.5) is 5.69 Å². The van der Waals surface area contributed by atoms with Crippen LogP contribution < -0.4 is 20.0 Å². The smallest absolute Gasteiger partial charge is 0.161 e. The lowest BCUT2D eigenvalue weighted by atomic mass is 10.2.